The van der Waals surface area contributed by atoms with Gasteiger partial charge in [0.15, 0.2) is 0 Å². The van der Waals surface area contributed by atoms with Gasteiger partial charge in [-0.1, -0.05) is 0 Å². The zero-order chi connectivity index (χ0) is 17.2. The second-order valence-corrected chi connectivity index (χ2v) is 6.71. The summed E-state index contributed by atoms with van der Waals surface area (Å²) in [6, 6.07) is 0. The zero-order valence-corrected chi connectivity index (χ0v) is 15.1. The predicted octanol–water partition coefficient (Wildman–Crippen LogP) is -0.589. The van der Waals surface area contributed by atoms with Crippen LogP contribution in [0.3, 0.4) is 0 Å². The van der Waals surface area contributed by atoms with Crippen LogP contribution in [-0.2, 0) is 23.7 Å². The van der Waals surface area contributed by atoms with Crippen LogP contribution in [0.2, 0.25) is 0 Å². The molecule has 9 heteroatoms. The topological polar surface area (TPSA) is 59.1 Å². The lowest BCUT2D eigenvalue weighted by Gasteiger charge is -2.34. The first-order valence-corrected chi connectivity index (χ1v) is 9.18. The number of rotatable bonds is 9. The van der Waals surface area contributed by atoms with E-state index in [0.717, 1.165) is 65.6 Å². The molecule has 0 bridgehead atoms. The second-order valence-electron chi connectivity index (χ2n) is 6.71. The van der Waals surface area contributed by atoms with Crippen LogP contribution in [0, 0.1) is 0 Å². The average Bonchev–Trinajstić information content (AvgIpc) is 2.70. The summed E-state index contributed by atoms with van der Waals surface area (Å²) in [5.41, 5.74) is 0. The summed E-state index contributed by atoms with van der Waals surface area (Å²) in [6.07, 6.45) is 1.13. The van der Waals surface area contributed by atoms with E-state index in [2.05, 4.69) is 19.6 Å². The van der Waals surface area contributed by atoms with Crippen LogP contribution < -0.4 is 0 Å². The van der Waals surface area contributed by atoms with Crippen LogP contribution >= 0.6 is 0 Å². The Kier molecular flexibility index (Phi) is 8.83. The normalized spacial score (nSPS) is 24.8. The van der Waals surface area contributed by atoms with Gasteiger partial charge in [-0.05, 0) is 6.42 Å². The van der Waals surface area contributed by atoms with Crippen LogP contribution in [0.1, 0.15) is 6.42 Å². The predicted molar refractivity (Wildman–Crippen MR) is 90.4 cm³/mol. The Balaban J connectivity index is 1.39. The number of hydrogen-bond donors (Lipinski definition) is 0. The molecule has 3 rings (SSSR count). The molecule has 0 aromatic carbocycles. The molecule has 0 aromatic heterocycles. The molecule has 9 nitrogen and oxygen atoms in total. The van der Waals surface area contributed by atoms with Crippen LogP contribution in [0.25, 0.3) is 0 Å². The van der Waals surface area contributed by atoms with Crippen molar-refractivity contribution in [2.24, 2.45) is 0 Å². The third-order valence-corrected chi connectivity index (χ3v) is 4.66. The van der Waals surface area contributed by atoms with Gasteiger partial charge in [-0.25, -0.2) is 0 Å². The summed E-state index contributed by atoms with van der Waals surface area (Å²) >= 11 is 0. The molecule has 3 saturated heterocycles. The summed E-state index contributed by atoms with van der Waals surface area (Å²) in [4.78, 5) is 9.26. The molecular weight excluding hydrogens is 328 g/mol. The zero-order valence-electron chi connectivity index (χ0n) is 15.1. The van der Waals surface area contributed by atoms with Crippen molar-refractivity contribution in [2.45, 2.75) is 6.42 Å². The fraction of sp³-hybridized carbons (Fsp3) is 1.00. The van der Waals surface area contributed by atoms with E-state index in [1.807, 2.05) is 0 Å². The lowest BCUT2D eigenvalue weighted by Crippen LogP contribution is -2.46. The van der Waals surface area contributed by atoms with Crippen LogP contribution in [0.4, 0.5) is 0 Å². The Morgan fingerprint density at radius 1 is 0.600 bits per heavy atom. The lowest BCUT2D eigenvalue weighted by atomic mass is 10.3. The lowest BCUT2D eigenvalue weighted by molar-refractivity contribution is -0.186. The van der Waals surface area contributed by atoms with Crippen molar-refractivity contribution in [2.75, 3.05) is 99.7 Å². The first kappa shape index (κ1) is 19.4. The van der Waals surface area contributed by atoms with Crippen molar-refractivity contribution >= 4 is 0 Å². The summed E-state index contributed by atoms with van der Waals surface area (Å²) < 4.78 is 26.9. The molecule has 25 heavy (non-hydrogen) atoms. The summed E-state index contributed by atoms with van der Waals surface area (Å²) in [7, 11) is 0. The number of hydrogen-bond acceptors (Lipinski definition) is 9. The van der Waals surface area contributed by atoms with E-state index in [1.54, 1.807) is 0 Å². The minimum atomic E-state index is 0.407. The number of nitrogens with zero attached hydrogens (tertiary/aromatic N) is 4. The fourth-order valence-corrected chi connectivity index (χ4v) is 3.12. The molecule has 3 aliphatic rings. The average molecular weight is 360 g/mol. The Bertz CT molecular complexity index is 295. The Labute approximate surface area is 150 Å². The molecule has 3 fully saturated rings. The van der Waals surface area contributed by atoms with Crippen molar-refractivity contribution in [3.05, 3.63) is 0 Å². The van der Waals surface area contributed by atoms with Gasteiger partial charge in [-0.3, -0.25) is 19.6 Å². The van der Waals surface area contributed by atoms with Crippen LogP contribution in [0.5, 0.6) is 0 Å². The van der Waals surface area contributed by atoms with Gasteiger partial charge in [-0.15, -0.1) is 0 Å². The Morgan fingerprint density at radius 3 is 1.56 bits per heavy atom. The van der Waals surface area contributed by atoms with E-state index in [9.17, 15) is 0 Å². The quantitative estimate of drug-likeness (QED) is 0.537. The minimum Gasteiger partial charge on any atom is -0.366 e. The molecule has 0 N–H and O–H groups in total. The molecule has 0 amide bonds. The molecule has 0 atom stereocenters. The van der Waals surface area contributed by atoms with Gasteiger partial charge in [-0.2, -0.15) is 0 Å². The minimum absolute atomic E-state index is 0.407. The summed E-state index contributed by atoms with van der Waals surface area (Å²) in [5.74, 6) is 0. The van der Waals surface area contributed by atoms with Gasteiger partial charge in [0.2, 0.25) is 0 Å². The van der Waals surface area contributed by atoms with E-state index in [-0.39, 0.29) is 0 Å². The molecule has 3 heterocycles. The molecule has 0 spiro atoms. The maximum Gasteiger partial charge on any atom is 0.150 e. The van der Waals surface area contributed by atoms with Crippen molar-refractivity contribution in [3.8, 4) is 0 Å². The summed E-state index contributed by atoms with van der Waals surface area (Å²) in [5, 5.41) is 0. The van der Waals surface area contributed by atoms with Gasteiger partial charge in [0, 0.05) is 52.4 Å². The maximum atomic E-state index is 5.55. The van der Waals surface area contributed by atoms with Crippen LogP contribution in [-0.4, -0.2) is 119 Å². The van der Waals surface area contributed by atoms with E-state index in [4.69, 9.17) is 23.7 Å². The monoisotopic (exact) mass is 360 g/mol. The molecule has 146 valence electrons. The second kappa shape index (κ2) is 11.4. The van der Waals surface area contributed by atoms with Gasteiger partial charge in [0.25, 0.3) is 0 Å². The molecule has 0 radical (unpaired) electrons. The molecule has 0 saturated carbocycles. The van der Waals surface area contributed by atoms with Crippen molar-refractivity contribution in [1.82, 2.24) is 19.6 Å². The van der Waals surface area contributed by atoms with E-state index in [0.29, 0.717) is 40.5 Å². The fourth-order valence-electron chi connectivity index (χ4n) is 3.12. The van der Waals surface area contributed by atoms with Gasteiger partial charge >= 0.3 is 0 Å². The first-order chi connectivity index (χ1) is 12.4. The third-order valence-electron chi connectivity index (χ3n) is 4.66. The molecule has 0 aromatic rings. The van der Waals surface area contributed by atoms with Gasteiger partial charge in [0.1, 0.15) is 40.5 Å². The molecule has 0 unspecified atom stereocenters. The summed E-state index contributed by atoms with van der Waals surface area (Å²) in [6.45, 7) is 12.2. The van der Waals surface area contributed by atoms with E-state index >= 15 is 0 Å². The van der Waals surface area contributed by atoms with Crippen molar-refractivity contribution < 1.29 is 23.7 Å². The van der Waals surface area contributed by atoms with E-state index in [1.165, 1.54) is 0 Å². The SMILES string of the molecule is C1COCN(CCN(CCN2COCOC2)CCN2COCOC2)C1. The largest absolute Gasteiger partial charge is 0.366 e. The molecule has 3 aliphatic heterocycles. The highest BCUT2D eigenvalue weighted by Crippen LogP contribution is 2.04. The van der Waals surface area contributed by atoms with Crippen molar-refractivity contribution in [1.29, 1.82) is 0 Å². The first-order valence-electron chi connectivity index (χ1n) is 9.18. The smallest absolute Gasteiger partial charge is 0.150 e. The van der Waals surface area contributed by atoms with Crippen LogP contribution in [0.15, 0.2) is 0 Å². The standard InChI is InChI=1S/C16H32N4O5/c1-2-18(10-21-9-1)6-3-17(4-7-19-11-22-15-23-12-19)5-8-20-13-24-16-25-14-20/h1-16H2. The number of ether oxygens (including phenoxy) is 5. The third kappa shape index (κ3) is 7.41. The Morgan fingerprint density at radius 2 is 1.08 bits per heavy atom. The van der Waals surface area contributed by atoms with Gasteiger partial charge < -0.3 is 23.7 Å². The highest BCUT2D eigenvalue weighted by molar-refractivity contribution is 4.67. The van der Waals surface area contributed by atoms with Crippen molar-refractivity contribution in [3.63, 3.8) is 0 Å². The Hall–Kier alpha value is -0.360. The highest BCUT2D eigenvalue weighted by Gasteiger charge is 2.17. The van der Waals surface area contributed by atoms with E-state index < -0.39 is 0 Å². The maximum absolute atomic E-state index is 5.55. The molecular formula is C16H32N4O5. The molecule has 0 aliphatic carbocycles. The van der Waals surface area contributed by atoms with Gasteiger partial charge in [0.05, 0.1) is 6.73 Å². The highest BCUT2D eigenvalue weighted by atomic mass is 16.7.